The zero-order chi connectivity index (χ0) is 13.9. The first-order valence-electron chi connectivity index (χ1n) is 7.62. The lowest BCUT2D eigenvalue weighted by molar-refractivity contribution is 0.417. The van der Waals surface area contributed by atoms with Crippen LogP contribution < -0.4 is 5.73 Å². The molecule has 0 heterocycles. The summed E-state index contributed by atoms with van der Waals surface area (Å²) in [4.78, 5) is 0. The van der Waals surface area contributed by atoms with Gasteiger partial charge in [-0.25, -0.2) is 0 Å². The molecule has 0 spiro atoms. The first-order valence-corrected chi connectivity index (χ1v) is 7.62. The van der Waals surface area contributed by atoms with E-state index in [2.05, 4.69) is 61.5 Å². The molecule has 2 unspecified atom stereocenters. The Morgan fingerprint density at radius 3 is 2.15 bits per heavy atom. The number of nitrogens with two attached hydrogens (primary N) is 1. The third kappa shape index (κ3) is 3.10. The van der Waals surface area contributed by atoms with Crippen LogP contribution in [0.1, 0.15) is 42.5 Å². The number of rotatable bonds is 5. The van der Waals surface area contributed by atoms with Crippen LogP contribution in [0.4, 0.5) is 0 Å². The predicted octanol–water partition coefficient (Wildman–Crippen LogP) is 4.32. The van der Waals surface area contributed by atoms with Crippen molar-refractivity contribution in [1.82, 2.24) is 0 Å². The zero-order valence-corrected chi connectivity index (χ0v) is 12.1. The molecule has 104 valence electrons. The quantitative estimate of drug-likeness (QED) is 0.856. The third-order valence-electron chi connectivity index (χ3n) is 4.55. The maximum atomic E-state index is 6.38. The fraction of sp³-hybridized carbons (Fsp3) is 0.368. The Hall–Kier alpha value is -1.60. The molecule has 1 aliphatic rings. The summed E-state index contributed by atoms with van der Waals surface area (Å²) in [6.07, 6.45) is 3.72. The second-order valence-electron chi connectivity index (χ2n) is 6.13. The maximum Gasteiger partial charge on any atom is 0.0323 e. The van der Waals surface area contributed by atoms with Gasteiger partial charge in [-0.15, -0.1) is 0 Å². The van der Waals surface area contributed by atoms with Crippen molar-refractivity contribution in [2.75, 3.05) is 0 Å². The van der Waals surface area contributed by atoms with E-state index in [9.17, 15) is 0 Å². The van der Waals surface area contributed by atoms with Gasteiger partial charge in [0.2, 0.25) is 0 Å². The Morgan fingerprint density at radius 2 is 1.55 bits per heavy atom. The van der Waals surface area contributed by atoms with E-state index in [1.54, 1.807) is 0 Å². The molecule has 1 aliphatic carbocycles. The molecule has 2 atom stereocenters. The summed E-state index contributed by atoms with van der Waals surface area (Å²) >= 11 is 0. The minimum atomic E-state index is 0.188. The van der Waals surface area contributed by atoms with Crippen molar-refractivity contribution in [2.45, 2.75) is 32.2 Å². The van der Waals surface area contributed by atoms with E-state index in [0.29, 0.717) is 5.92 Å². The van der Waals surface area contributed by atoms with Crippen LogP contribution in [0.25, 0.3) is 0 Å². The van der Waals surface area contributed by atoms with Crippen LogP contribution in [-0.4, -0.2) is 0 Å². The van der Waals surface area contributed by atoms with Crippen molar-refractivity contribution >= 4 is 0 Å². The molecule has 0 aliphatic heterocycles. The first kappa shape index (κ1) is 13.4. The van der Waals surface area contributed by atoms with Gasteiger partial charge in [0.15, 0.2) is 0 Å². The Bertz CT molecular complexity index is 540. The van der Waals surface area contributed by atoms with Crippen LogP contribution >= 0.6 is 0 Å². The second-order valence-corrected chi connectivity index (χ2v) is 6.13. The zero-order valence-electron chi connectivity index (χ0n) is 12.1. The molecule has 1 heteroatoms. The van der Waals surface area contributed by atoms with Gasteiger partial charge in [0, 0.05) is 6.04 Å². The minimum absolute atomic E-state index is 0.188. The normalized spacial score (nSPS) is 17.7. The molecule has 0 amide bonds. The summed E-state index contributed by atoms with van der Waals surface area (Å²) in [5.41, 5.74) is 10.4. The van der Waals surface area contributed by atoms with E-state index < -0.39 is 0 Å². The molecule has 2 aromatic carbocycles. The Balaban J connectivity index is 1.68. The Labute approximate surface area is 121 Å². The molecular weight excluding hydrogens is 242 g/mol. The van der Waals surface area contributed by atoms with Crippen LogP contribution in [0.15, 0.2) is 54.6 Å². The monoisotopic (exact) mass is 265 g/mol. The molecule has 2 N–H and O–H groups in total. The van der Waals surface area contributed by atoms with E-state index in [4.69, 9.17) is 5.73 Å². The molecule has 20 heavy (non-hydrogen) atoms. The van der Waals surface area contributed by atoms with Crippen LogP contribution in [0, 0.1) is 11.8 Å². The summed E-state index contributed by atoms with van der Waals surface area (Å²) in [5.74, 6) is 1.46. The van der Waals surface area contributed by atoms with Crippen molar-refractivity contribution in [3.8, 4) is 0 Å². The molecule has 0 aromatic heterocycles. The Morgan fingerprint density at radius 1 is 0.950 bits per heavy atom. The van der Waals surface area contributed by atoms with Gasteiger partial charge in [0.1, 0.15) is 0 Å². The smallest absolute Gasteiger partial charge is 0.0323 e. The summed E-state index contributed by atoms with van der Waals surface area (Å²) in [5, 5.41) is 0. The van der Waals surface area contributed by atoms with Gasteiger partial charge in [-0.05, 0) is 47.8 Å². The summed E-state index contributed by atoms with van der Waals surface area (Å²) < 4.78 is 0. The highest BCUT2D eigenvalue weighted by Gasteiger charge is 2.32. The molecule has 0 saturated heterocycles. The van der Waals surface area contributed by atoms with Crippen LogP contribution in [0.3, 0.4) is 0 Å². The lowest BCUT2D eigenvalue weighted by Gasteiger charge is -2.20. The summed E-state index contributed by atoms with van der Waals surface area (Å²) in [6, 6.07) is 19.7. The van der Waals surface area contributed by atoms with Gasteiger partial charge in [-0.3, -0.25) is 0 Å². The molecular formula is C19H23N. The van der Waals surface area contributed by atoms with Gasteiger partial charge in [-0.2, -0.15) is 0 Å². The van der Waals surface area contributed by atoms with Gasteiger partial charge < -0.3 is 5.73 Å². The fourth-order valence-corrected chi connectivity index (χ4v) is 2.91. The van der Waals surface area contributed by atoms with E-state index in [0.717, 1.165) is 12.3 Å². The lowest BCUT2D eigenvalue weighted by Crippen LogP contribution is -2.20. The molecule has 1 fully saturated rings. The van der Waals surface area contributed by atoms with Gasteiger partial charge in [-0.1, -0.05) is 61.5 Å². The van der Waals surface area contributed by atoms with E-state index >= 15 is 0 Å². The Kier molecular flexibility index (Phi) is 3.88. The summed E-state index contributed by atoms with van der Waals surface area (Å²) in [7, 11) is 0. The van der Waals surface area contributed by atoms with Crippen LogP contribution in [-0.2, 0) is 6.42 Å². The maximum absolute atomic E-state index is 6.38. The van der Waals surface area contributed by atoms with E-state index in [1.165, 1.54) is 29.5 Å². The molecule has 0 radical (unpaired) electrons. The van der Waals surface area contributed by atoms with Crippen LogP contribution in [0.5, 0.6) is 0 Å². The number of hydrogen-bond acceptors (Lipinski definition) is 1. The van der Waals surface area contributed by atoms with Crippen molar-refractivity contribution < 1.29 is 0 Å². The second kappa shape index (κ2) is 5.80. The van der Waals surface area contributed by atoms with Crippen molar-refractivity contribution in [3.05, 3.63) is 71.3 Å². The number of hydrogen-bond donors (Lipinski definition) is 1. The number of benzene rings is 2. The molecule has 2 aromatic rings. The molecule has 0 bridgehead atoms. The summed E-state index contributed by atoms with van der Waals surface area (Å²) in [6.45, 7) is 2.29. The van der Waals surface area contributed by atoms with E-state index in [-0.39, 0.29) is 6.04 Å². The molecule has 1 nitrogen and oxygen atoms in total. The molecule has 3 rings (SSSR count). The fourth-order valence-electron chi connectivity index (χ4n) is 2.91. The van der Waals surface area contributed by atoms with Crippen molar-refractivity contribution in [1.29, 1.82) is 0 Å². The largest absolute Gasteiger partial charge is 0.324 e. The minimum Gasteiger partial charge on any atom is -0.324 e. The average Bonchev–Trinajstić information content (AvgIpc) is 3.32. The molecule has 1 saturated carbocycles. The van der Waals surface area contributed by atoms with Crippen molar-refractivity contribution in [3.63, 3.8) is 0 Å². The highest BCUT2D eigenvalue weighted by Crippen LogP contribution is 2.41. The third-order valence-corrected chi connectivity index (χ3v) is 4.55. The SMILES string of the molecule is CC(C1CC1)C(N)c1ccc(Cc2ccccc2)cc1. The average molecular weight is 265 g/mol. The van der Waals surface area contributed by atoms with Gasteiger partial charge in [0.25, 0.3) is 0 Å². The van der Waals surface area contributed by atoms with Gasteiger partial charge >= 0.3 is 0 Å². The van der Waals surface area contributed by atoms with Crippen molar-refractivity contribution in [2.24, 2.45) is 17.6 Å². The van der Waals surface area contributed by atoms with Crippen LogP contribution in [0.2, 0.25) is 0 Å². The highest BCUT2D eigenvalue weighted by molar-refractivity contribution is 5.30. The predicted molar refractivity (Wildman–Crippen MR) is 84.5 cm³/mol. The topological polar surface area (TPSA) is 26.0 Å². The first-order chi connectivity index (χ1) is 9.74. The highest BCUT2D eigenvalue weighted by atomic mass is 14.7. The van der Waals surface area contributed by atoms with Gasteiger partial charge in [0.05, 0.1) is 0 Å². The van der Waals surface area contributed by atoms with E-state index in [1.807, 2.05) is 0 Å². The lowest BCUT2D eigenvalue weighted by atomic mass is 9.90. The standard InChI is InChI=1S/C19H23N/c1-14(17-11-12-17)19(20)18-9-7-16(8-10-18)13-15-5-3-2-4-6-15/h2-10,14,17,19H,11-13,20H2,1H3.